The molecule has 1 fully saturated rings. The predicted molar refractivity (Wildman–Crippen MR) is 103 cm³/mol. The lowest BCUT2D eigenvalue weighted by molar-refractivity contribution is -0.145. The number of carbonyl (C=O) groups is 2. The van der Waals surface area contributed by atoms with Crippen LogP contribution in [0.5, 0.6) is 0 Å². The van der Waals surface area contributed by atoms with Gasteiger partial charge in [0.25, 0.3) is 0 Å². The van der Waals surface area contributed by atoms with Gasteiger partial charge in [0.15, 0.2) is 0 Å². The van der Waals surface area contributed by atoms with Gasteiger partial charge in [0.2, 0.25) is 11.8 Å². The van der Waals surface area contributed by atoms with Gasteiger partial charge in [-0.2, -0.15) is 0 Å². The number of hydrogen-bond donors (Lipinski definition) is 1. The Labute approximate surface area is 165 Å². The highest BCUT2D eigenvalue weighted by Crippen LogP contribution is 2.14. The van der Waals surface area contributed by atoms with E-state index >= 15 is 0 Å². The molecule has 28 heavy (non-hydrogen) atoms. The van der Waals surface area contributed by atoms with Crippen LogP contribution in [0.4, 0.5) is 0 Å². The second kappa shape index (κ2) is 7.73. The van der Waals surface area contributed by atoms with Gasteiger partial charge >= 0.3 is 0 Å². The third-order valence-corrected chi connectivity index (χ3v) is 5.01. The Balaban J connectivity index is 1.51. The summed E-state index contributed by atoms with van der Waals surface area (Å²) in [6.07, 6.45) is 2.77. The van der Waals surface area contributed by atoms with Crippen molar-refractivity contribution in [2.45, 2.75) is 59.5 Å². The number of imidazole rings is 1. The van der Waals surface area contributed by atoms with Crippen LogP contribution in [0.2, 0.25) is 0 Å². The van der Waals surface area contributed by atoms with E-state index in [4.69, 9.17) is 0 Å². The minimum absolute atomic E-state index is 0.0154. The summed E-state index contributed by atoms with van der Waals surface area (Å²) in [7, 11) is 0. The molecule has 2 amide bonds. The van der Waals surface area contributed by atoms with E-state index in [1.165, 1.54) is 0 Å². The van der Waals surface area contributed by atoms with Crippen molar-refractivity contribution in [3.8, 4) is 0 Å². The minimum Gasteiger partial charge on any atom is -0.346 e. The summed E-state index contributed by atoms with van der Waals surface area (Å²) in [5.74, 6) is 0.739. The maximum atomic E-state index is 12.5. The molecule has 3 rings (SSSR count). The topological polar surface area (TPSA) is 100 Å². The van der Waals surface area contributed by atoms with E-state index in [-0.39, 0.29) is 23.9 Å². The molecule has 0 saturated carbocycles. The molecule has 0 bridgehead atoms. The maximum Gasteiger partial charge on any atom is 0.242 e. The van der Waals surface area contributed by atoms with Gasteiger partial charge in [-0.15, -0.1) is 5.10 Å². The summed E-state index contributed by atoms with van der Waals surface area (Å²) in [5, 5.41) is 8.30. The Morgan fingerprint density at radius 2 is 2.00 bits per heavy atom. The Morgan fingerprint density at radius 3 is 2.57 bits per heavy atom. The van der Waals surface area contributed by atoms with Crippen molar-refractivity contribution >= 4 is 11.8 Å². The van der Waals surface area contributed by atoms with Crippen LogP contribution in [-0.2, 0) is 28.1 Å². The number of carbonyl (C=O) groups excluding carboxylic acids is 2. The zero-order chi connectivity index (χ0) is 20.5. The largest absolute Gasteiger partial charge is 0.346 e. The first kappa shape index (κ1) is 20.0. The summed E-state index contributed by atoms with van der Waals surface area (Å²) in [4.78, 5) is 35.9. The van der Waals surface area contributed by atoms with Crippen molar-refractivity contribution in [2.24, 2.45) is 0 Å². The fraction of sp³-hybridized carbons (Fsp3) is 0.632. The van der Waals surface area contributed by atoms with Gasteiger partial charge in [0, 0.05) is 31.6 Å². The number of rotatable bonds is 5. The first-order valence-electron chi connectivity index (χ1n) is 9.63. The fourth-order valence-corrected chi connectivity index (χ4v) is 3.11. The maximum absolute atomic E-state index is 12.5. The quantitative estimate of drug-likeness (QED) is 0.830. The lowest BCUT2D eigenvalue weighted by atomic mass is 10.1. The highest BCUT2D eigenvalue weighted by molar-refractivity contribution is 5.86. The van der Waals surface area contributed by atoms with Crippen LogP contribution in [0.3, 0.4) is 0 Å². The average Bonchev–Trinajstić information content (AvgIpc) is 3.21. The molecular weight excluding hydrogens is 358 g/mol. The molecule has 0 spiro atoms. The van der Waals surface area contributed by atoms with Gasteiger partial charge < -0.3 is 14.8 Å². The number of aromatic amines is 1. The number of nitrogens with zero attached hydrogens (tertiary/aromatic N) is 6. The van der Waals surface area contributed by atoms with E-state index in [0.29, 0.717) is 32.5 Å². The molecule has 152 valence electrons. The molecule has 1 saturated heterocycles. The number of piperazine rings is 1. The smallest absolute Gasteiger partial charge is 0.242 e. The molecular formula is C19H29N7O2. The van der Waals surface area contributed by atoms with Gasteiger partial charge in [0.1, 0.15) is 11.5 Å². The molecule has 9 heteroatoms. The number of aryl methyl sites for hydroxylation is 3. The summed E-state index contributed by atoms with van der Waals surface area (Å²) < 4.78 is 1.80. The molecule has 1 aliphatic rings. The molecule has 1 aliphatic heterocycles. The van der Waals surface area contributed by atoms with E-state index in [9.17, 15) is 9.59 Å². The van der Waals surface area contributed by atoms with E-state index in [1.807, 2.05) is 40.8 Å². The number of aromatic nitrogens is 5. The van der Waals surface area contributed by atoms with Crippen LogP contribution in [-0.4, -0.2) is 66.2 Å². The summed E-state index contributed by atoms with van der Waals surface area (Å²) in [5.41, 5.74) is 2.58. The highest BCUT2D eigenvalue weighted by atomic mass is 16.2. The van der Waals surface area contributed by atoms with Gasteiger partial charge in [0.05, 0.1) is 30.5 Å². The van der Waals surface area contributed by atoms with E-state index in [0.717, 1.165) is 22.9 Å². The van der Waals surface area contributed by atoms with Crippen LogP contribution < -0.4 is 0 Å². The van der Waals surface area contributed by atoms with Crippen molar-refractivity contribution in [1.29, 1.82) is 0 Å². The third-order valence-electron chi connectivity index (χ3n) is 5.01. The molecule has 0 atom stereocenters. The monoisotopic (exact) mass is 387 g/mol. The Morgan fingerprint density at radius 1 is 1.25 bits per heavy atom. The predicted octanol–water partition coefficient (Wildman–Crippen LogP) is 1.18. The highest BCUT2D eigenvalue weighted by Gasteiger charge is 2.28. The Hall–Kier alpha value is -2.71. The zero-order valence-electron chi connectivity index (χ0n) is 17.3. The van der Waals surface area contributed by atoms with Gasteiger partial charge in [-0.3, -0.25) is 9.59 Å². The lowest BCUT2D eigenvalue weighted by Gasteiger charge is -2.34. The number of nitrogens with one attached hydrogen (secondary N) is 1. The summed E-state index contributed by atoms with van der Waals surface area (Å²) in [6.45, 7) is 11.6. The van der Waals surface area contributed by atoms with E-state index < -0.39 is 0 Å². The van der Waals surface area contributed by atoms with Crippen molar-refractivity contribution in [1.82, 2.24) is 34.8 Å². The van der Waals surface area contributed by atoms with Gasteiger partial charge in [-0.05, 0) is 34.6 Å². The number of H-pyrrole nitrogens is 1. The first-order valence-corrected chi connectivity index (χ1v) is 9.63. The van der Waals surface area contributed by atoms with Gasteiger partial charge in [-0.25, -0.2) is 9.67 Å². The molecule has 9 nitrogen and oxygen atoms in total. The number of amides is 2. The first-order chi connectivity index (χ1) is 13.1. The van der Waals surface area contributed by atoms with Crippen LogP contribution in [0.25, 0.3) is 0 Å². The van der Waals surface area contributed by atoms with Crippen molar-refractivity contribution in [2.75, 3.05) is 19.6 Å². The van der Waals surface area contributed by atoms with Crippen LogP contribution in [0.15, 0.2) is 6.20 Å². The van der Waals surface area contributed by atoms with Crippen LogP contribution >= 0.6 is 0 Å². The summed E-state index contributed by atoms with van der Waals surface area (Å²) in [6, 6.07) is 0. The van der Waals surface area contributed by atoms with E-state index in [2.05, 4.69) is 20.3 Å². The molecule has 0 unspecified atom stereocenters. The SMILES string of the molecule is Cc1nc(CCC(=O)N2CCN(Cc3cn(C(C)(C)C)nn3)C(=O)C2)[nH]c1C. The Kier molecular flexibility index (Phi) is 5.53. The third kappa shape index (κ3) is 4.58. The molecule has 3 heterocycles. The van der Waals surface area contributed by atoms with Crippen molar-refractivity contribution in [3.05, 3.63) is 29.1 Å². The van der Waals surface area contributed by atoms with E-state index in [1.54, 1.807) is 14.5 Å². The normalized spacial score (nSPS) is 15.4. The lowest BCUT2D eigenvalue weighted by Crippen LogP contribution is -2.51. The molecule has 2 aromatic rings. The molecule has 0 radical (unpaired) electrons. The minimum atomic E-state index is -0.147. The van der Waals surface area contributed by atoms with Gasteiger partial charge in [-0.1, -0.05) is 5.21 Å². The average molecular weight is 387 g/mol. The molecule has 1 N–H and O–H groups in total. The van der Waals surface area contributed by atoms with Crippen molar-refractivity contribution in [3.63, 3.8) is 0 Å². The second-order valence-electron chi connectivity index (χ2n) is 8.35. The standard InChI is InChI=1S/C19H29N7O2/c1-13-14(2)21-16(20-13)6-7-17(27)25-9-8-24(18(28)12-25)10-15-11-26(23-22-15)19(3,4)5/h11H,6-10,12H2,1-5H3,(H,20,21). The van der Waals surface area contributed by atoms with Crippen LogP contribution in [0.1, 0.15) is 50.1 Å². The second-order valence-corrected chi connectivity index (χ2v) is 8.35. The molecule has 0 aromatic carbocycles. The zero-order valence-corrected chi connectivity index (χ0v) is 17.3. The van der Waals surface area contributed by atoms with Crippen LogP contribution in [0, 0.1) is 13.8 Å². The number of hydrogen-bond acceptors (Lipinski definition) is 5. The molecule has 2 aromatic heterocycles. The summed E-state index contributed by atoms with van der Waals surface area (Å²) >= 11 is 0. The molecule has 0 aliphatic carbocycles. The van der Waals surface area contributed by atoms with Crippen molar-refractivity contribution < 1.29 is 9.59 Å². The Bertz CT molecular complexity index is 843. The fourth-order valence-electron chi connectivity index (χ4n) is 3.11.